The van der Waals surface area contributed by atoms with Crippen molar-refractivity contribution in [2.24, 2.45) is 0 Å². The molecule has 4 heteroatoms. The molecule has 0 N–H and O–H groups in total. The Bertz CT molecular complexity index is 3290. The van der Waals surface area contributed by atoms with Gasteiger partial charge in [-0.2, -0.15) is 0 Å². The SMILES string of the molecule is c1ccc(-n2c3ccccc3c3cc(-c4ccc5c(c4)c4ccc6ccccc6c4n5-c4cnc5c(c4)-c4cccc6nccc-5c46)ccc32)cc1. The van der Waals surface area contributed by atoms with E-state index in [-0.39, 0.29) is 0 Å². The summed E-state index contributed by atoms with van der Waals surface area (Å²) in [6, 6.07) is 57.3. The quantitative estimate of drug-likeness (QED) is 0.189. The van der Waals surface area contributed by atoms with Crippen molar-refractivity contribution in [2.75, 3.05) is 0 Å². The molecule has 0 spiro atoms. The van der Waals surface area contributed by atoms with Crippen LogP contribution in [0.15, 0.2) is 170 Å². The van der Waals surface area contributed by atoms with E-state index < -0.39 is 0 Å². The molecule has 0 saturated carbocycles. The van der Waals surface area contributed by atoms with Gasteiger partial charge in [-0.05, 0) is 82.7 Å². The molecule has 0 bridgehead atoms. The lowest BCUT2D eigenvalue weighted by Gasteiger charge is -2.12. The standard InChI is InChI=1S/C48H28N4/c1-2-10-32(11-3-1)51-43-16-7-6-13-35(43)39-25-30(18-21-44(39)51)31-19-22-45-40(26-31)37-20-17-29-9-4-5-12-34(29)48(37)52(45)33-27-41-36-14-8-15-42-46(36)38(23-24-49-42)47(41)50-28-33/h1-28H. The Balaban J connectivity index is 1.09. The molecule has 11 aromatic rings. The summed E-state index contributed by atoms with van der Waals surface area (Å²) in [5.41, 5.74) is 14.9. The van der Waals surface area contributed by atoms with Crippen LogP contribution in [0.3, 0.4) is 0 Å². The third-order valence-corrected chi connectivity index (χ3v) is 11.1. The van der Waals surface area contributed by atoms with E-state index >= 15 is 0 Å². The van der Waals surface area contributed by atoms with Gasteiger partial charge in [-0.25, -0.2) is 0 Å². The normalized spacial score (nSPS) is 12.2. The van der Waals surface area contributed by atoms with Crippen molar-refractivity contribution in [1.82, 2.24) is 19.1 Å². The number of hydrogen-bond acceptors (Lipinski definition) is 2. The summed E-state index contributed by atoms with van der Waals surface area (Å²) in [5, 5.41) is 8.59. The van der Waals surface area contributed by atoms with Crippen LogP contribution in [0.1, 0.15) is 0 Å². The molecular formula is C48H28N4. The maximum absolute atomic E-state index is 5.14. The summed E-state index contributed by atoms with van der Waals surface area (Å²) < 4.78 is 4.79. The number of aromatic nitrogens is 4. The molecule has 0 unspecified atom stereocenters. The molecule has 240 valence electrons. The van der Waals surface area contributed by atoms with E-state index in [4.69, 9.17) is 4.98 Å². The average molecular weight is 661 g/mol. The molecule has 0 saturated heterocycles. The molecule has 0 amide bonds. The largest absolute Gasteiger partial charge is 0.309 e. The van der Waals surface area contributed by atoms with Crippen molar-refractivity contribution < 1.29 is 0 Å². The van der Waals surface area contributed by atoms with Gasteiger partial charge in [0, 0.05) is 55.3 Å². The molecule has 4 nitrogen and oxygen atoms in total. The molecule has 4 heterocycles. The van der Waals surface area contributed by atoms with Crippen molar-refractivity contribution in [3.63, 3.8) is 0 Å². The Labute approximate surface area is 298 Å². The van der Waals surface area contributed by atoms with Gasteiger partial charge in [0.15, 0.2) is 0 Å². The van der Waals surface area contributed by atoms with Crippen LogP contribution in [0, 0.1) is 0 Å². The fraction of sp³-hybridized carbons (Fsp3) is 0. The van der Waals surface area contributed by atoms with Crippen molar-refractivity contribution >= 4 is 65.3 Å². The Morgan fingerprint density at radius 1 is 0.404 bits per heavy atom. The molecule has 7 aromatic carbocycles. The van der Waals surface area contributed by atoms with Crippen molar-refractivity contribution in [3.05, 3.63) is 170 Å². The van der Waals surface area contributed by atoms with Gasteiger partial charge in [-0.1, -0.05) is 97.1 Å². The maximum atomic E-state index is 5.14. The number of pyridine rings is 2. The maximum Gasteiger partial charge on any atom is 0.0789 e. The van der Waals surface area contributed by atoms with Crippen molar-refractivity contribution in [3.8, 4) is 44.9 Å². The lowest BCUT2D eigenvalue weighted by molar-refractivity contribution is 1.15. The van der Waals surface area contributed by atoms with E-state index in [1.54, 1.807) is 0 Å². The minimum absolute atomic E-state index is 1.01. The van der Waals surface area contributed by atoms with Gasteiger partial charge >= 0.3 is 0 Å². The Morgan fingerprint density at radius 2 is 1.13 bits per heavy atom. The van der Waals surface area contributed by atoms with E-state index in [0.29, 0.717) is 0 Å². The van der Waals surface area contributed by atoms with Crippen molar-refractivity contribution in [1.29, 1.82) is 0 Å². The molecule has 0 fully saturated rings. The zero-order valence-electron chi connectivity index (χ0n) is 28.0. The van der Waals surface area contributed by atoms with E-state index in [1.807, 2.05) is 12.4 Å². The molecule has 0 radical (unpaired) electrons. The third kappa shape index (κ3) is 3.70. The lowest BCUT2D eigenvalue weighted by Crippen LogP contribution is -1.97. The monoisotopic (exact) mass is 660 g/mol. The van der Waals surface area contributed by atoms with E-state index in [9.17, 15) is 0 Å². The molecule has 0 aliphatic heterocycles. The van der Waals surface area contributed by atoms with Gasteiger partial charge in [-0.15, -0.1) is 0 Å². The predicted molar refractivity (Wildman–Crippen MR) is 216 cm³/mol. The summed E-state index contributed by atoms with van der Waals surface area (Å²) in [4.78, 5) is 9.80. The molecule has 52 heavy (non-hydrogen) atoms. The van der Waals surface area contributed by atoms with Gasteiger partial charge in [0.2, 0.25) is 0 Å². The first-order valence-electron chi connectivity index (χ1n) is 17.7. The van der Waals surface area contributed by atoms with Crippen LogP contribution in [0.2, 0.25) is 0 Å². The summed E-state index contributed by atoms with van der Waals surface area (Å²) >= 11 is 0. The zero-order chi connectivity index (χ0) is 33.9. The minimum atomic E-state index is 1.01. The lowest BCUT2D eigenvalue weighted by atomic mass is 10.00. The topological polar surface area (TPSA) is 35.6 Å². The number of rotatable bonds is 3. The smallest absolute Gasteiger partial charge is 0.0789 e. The highest BCUT2D eigenvalue weighted by molar-refractivity contribution is 6.20. The number of hydrogen-bond donors (Lipinski definition) is 0. The third-order valence-electron chi connectivity index (χ3n) is 11.1. The molecule has 1 aliphatic rings. The zero-order valence-corrected chi connectivity index (χ0v) is 28.0. The Morgan fingerprint density at radius 3 is 2.00 bits per heavy atom. The fourth-order valence-electron chi connectivity index (χ4n) is 8.86. The minimum Gasteiger partial charge on any atom is -0.309 e. The second-order valence-corrected chi connectivity index (χ2v) is 13.8. The average Bonchev–Trinajstić information content (AvgIpc) is 3.84. The van der Waals surface area contributed by atoms with E-state index in [2.05, 4.69) is 172 Å². The van der Waals surface area contributed by atoms with Crippen LogP contribution in [0.25, 0.3) is 110 Å². The van der Waals surface area contributed by atoms with E-state index in [0.717, 1.165) is 33.5 Å². The second-order valence-electron chi connectivity index (χ2n) is 13.8. The highest BCUT2D eigenvalue weighted by Crippen LogP contribution is 2.47. The Hall–Kier alpha value is -7.04. The first-order chi connectivity index (χ1) is 25.8. The summed E-state index contributed by atoms with van der Waals surface area (Å²) in [6.45, 7) is 0. The van der Waals surface area contributed by atoms with Gasteiger partial charge in [0.05, 0.1) is 45.2 Å². The number of fused-ring (bicyclic) bond motifs is 11. The number of nitrogens with zero attached hydrogens (tertiary/aromatic N) is 4. The molecule has 4 aromatic heterocycles. The van der Waals surface area contributed by atoms with Crippen LogP contribution in [0.4, 0.5) is 0 Å². The van der Waals surface area contributed by atoms with Crippen LogP contribution < -0.4 is 0 Å². The molecule has 12 rings (SSSR count). The molecule has 1 aliphatic carbocycles. The highest BCUT2D eigenvalue weighted by Gasteiger charge is 2.25. The Kier molecular flexibility index (Phi) is 5.47. The van der Waals surface area contributed by atoms with Crippen LogP contribution in [0.5, 0.6) is 0 Å². The van der Waals surface area contributed by atoms with Gasteiger partial charge < -0.3 is 9.13 Å². The molecule has 0 atom stereocenters. The summed E-state index contributed by atoms with van der Waals surface area (Å²) in [5.74, 6) is 0. The molecular weight excluding hydrogens is 633 g/mol. The highest BCUT2D eigenvalue weighted by atomic mass is 15.0. The van der Waals surface area contributed by atoms with E-state index in [1.165, 1.54) is 76.6 Å². The number of benzene rings is 7. The fourth-order valence-corrected chi connectivity index (χ4v) is 8.86. The second kappa shape index (κ2) is 10.3. The van der Waals surface area contributed by atoms with Crippen LogP contribution in [-0.4, -0.2) is 19.1 Å². The summed E-state index contributed by atoms with van der Waals surface area (Å²) in [6.07, 6.45) is 3.93. The first-order valence-corrected chi connectivity index (χ1v) is 17.7. The van der Waals surface area contributed by atoms with Gasteiger partial charge in [0.25, 0.3) is 0 Å². The van der Waals surface area contributed by atoms with Crippen LogP contribution >= 0.6 is 0 Å². The number of para-hydroxylation sites is 2. The van der Waals surface area contributed by atoms with Gasteiger partial charge in [-0.3, -0.25) is 9.97 Å². The van der Waals surface area contributed by atoms with Crippen molar-refractivity contribution in [2.45, 2.75) is 0 Å². The van der Waals surface area contributed by atoms with Crippen LogP contribution in [-0.2, 0) is 0 Å². The first kappa shape index (κ1) is 27.7. The predicted octanol–water partition coefficient (Wildman–Crippen LogP) is 12.3. The van der Waals surface area contributed by atoms with Gasteiger partial charge in [0.1, 0.15) is 0 Å². The summed E-state index contributed by atoms with van der Waals surface area (Å²) in [7, 11) is 0.